The zero-order valence-electron chi connectivity index (χ0n) is 11.1. The number of nitrogens with zero attached hydrogens (tertiary/aromatic N) is 1. The normalized spacial score (nSPS) is 16.0. The van der Waals surface area contributed by atoms with E-state index in [1.54, 1.807) is 0 Å². The molecular formula is C15H24N2O. The highest BCUT2D eigenvalue weighted by Crippen LogP contribution is 2.08. The molecule has 3 heteroatoms. The standard InChI is InChI=1S/C15H24N2O/c1-2-7-15(8-3-1)18-14-6-9-16-10-13-17-11-4-5-12-17/h1-3,7-8,16H,4-6,9-14H2. The molecule has 0 saturated carbocycles. The average Bonchev–Trinajstić information content (AvgIpc) is 2.92. The molecule has 0 unspecified atom stereocenters. The molecular weight excluding hydrogens is 224 g/mol. The number of benzene rings is 1. The van der Waals surface area contributed by atoms with Crippen molar-refractivity contribution in [3.63, 3.8) is 0 Å². The van der Waals surface area contributed by atoms with E-state index in [9.17, 15) is 0 Å². The molecule has 1 N–H and O–H groups in total. The molecule has 0 bridgehead atoms. The molecule has 1 aliphatic rings. The van der Waals surface area contributed by atoms with Crippen LogP contribution in [0.5, 0.6) is 5.75 Å². The molecule has 3 nitrogen and oxygen atoms in total. The average molecular weight is 248 g/mol. The molecule has 1 aromatic carbocycles. The Morgan fingerprint density at radius 2 is 1.83 bits per heavy atom. The van der Waals surface area contributed by atoms with Crippen molar-refractivity contribution < 1.29 is 4.74 Å². The van der Waals surface area contributed by atoms with Gasteiger partial charge in [-0.2, -0.15) is 0 Å². The van der Waals surface area contributed by atoms with Crippen molar-refractivity contribution in [2.24, 2.45) is 0 Å². The zero-order valence-corrected chi connectivity index (χ0v) is 11.1. The van der Waals surface area contributed by atoms with Crippen molar-refractivity contribution in [1.29, 1.82) is 0 Å². The van der Waals surface area contributed by atoms with Gasteiger partial charge in [-0.3, -0.25) is 0 Å². The van der Waals surface area contributed by atoms with Crippen molar-refractivity contribution in [3.8, 4) is 5.75 Å². The zero-order chi connectivity index (χ0) is 12.5. The van der Waals surface area contributed by atoms with Crippen LogP contribution in [0.3, 0.4) is 0 Å². The lowest BCUT2D eigenvalue weighted by Gasteiger charge is -2.14. The Balaban J connectivity index is 1.42. The third-order valence-corrected chi connectivity index (χ3v) is 3.31. The summed E-state index contributed by atoms with van der Waals surface area (Å²) in [7, 11) is 0. The Hall–Kier alpha value is -1.06. The predicted octanol–water partition coefficient (Wildman–Crippen LogP) is 2.14. The number of nitrogens with one attached hydrogen (secondary N) is 1. The summed E-state index contributed by atoms with van der Waals surface area (Å²) >= 11 is 0. The maximum absolute atomic E-state index is 5.64. The number of hydrogen-bond donors (Lipinski definition) is 1. The second-order valence-electron chi connectivity index (χ2n) is 4.81. The van der Waals surface area contributed by atoms with E-state index in [0.717, 1.165) is 31.9 Å². The molecule has 0 aromatic heterocycles. The fourth-order valence-electron chi connectivity index (χ4n) is 2.27. The topological polar surface area (TPSA) is 24.5 Å². The van der Waals surface area contributed by atoms with Gasteiger partial charge in [0.15, 0.2) is 0 Å². The molecule has 1 aliphatic heterocycles. The number of ether oxygens (including phenoxy) is 1. The minimum absolute atomic E-state index is 0.792. The molecule has 0 aliphatic carbocycles. The highest BCUT2D eigenvalue weighted by atomic mass is 16.5. The molecule has 0 radical (unpaired) electrons. The maximum atomic E-state index is 5.64. The molecule has 1 saturated heterocycles. The van der Waals surface area contributed by atoms with Gasteiger partial charge in [-0.25, -0.2) is 0 Å². The quantitative estimate of drug-likeness (QED) is 0.713. The van der Waals surface area contributed by atoms with Crippen molar-refractivity contribution in [1.82, 2.24) is 10.2 Å². The van der Waals surface area contributed by atoms with Gasteiger partial charge >= 0.3 is 0 Å². The monoisotopic (exact) mass is 248 g/mol. The van der Waals surface area contributed by atoms with Gasteiger partial charge in [0, 0.05) is 13.1 Å². The number of likely N-dealkylation sites (tertiary alicyclic amines) is 1. The largest absolute Gasteiger partial charge is 0.494 e. The van der Waals surface area contributed by atoms with Crippen LogP contribution in [0.2, 0.25) is 0 Å². The highest BCUT2D eigenvalue weighted by molar-refractivity contribution is 5.20. The SMILES string of the molecule is c1ccc(OCCCNCCN2CCCC2)cc1. The van der Waals surface area contributed by atoms with Crippen molar-refractivity contribution in [2.45, 2.75) is 19.3 Å². The lowest BCUT2D eigenvalue weighted by molar-refractivity contribution is 0.302. The third kappa shape index (κ3) is 5.07. The van der Waals surface area contributed by atoms with Gasteiger partial charge < -0.3 is 15.0 Å². The van der Waals surface area contributed by atoms with Crippen molar-refractivity contribution in [2.75, 3.05) is 39.3 Å². The maximum Gasteiger partial charge on any atom is 0.119 e. The van der Waals surface area contributed by atoms with Crippen LogP contribution in [-0.4, -0.2) is 44.2 Å². The summed E-state index contributed by atoms with van der Waals surface area (Å²) in [6, 6.07) is 10.0. The van der Waals surface area contributed by atoms with Crippen LogP contribution in [-0.2, 0) is 0 Å². The fraction of sp³-hybridized carbons (Fsp3) is 0.600. The Kier molecular flexibility index (Phi) is 6.03. The lowest BCUT2D eigenvalue weighted by atomic mass is 10.3. The van der Waals surface area contributed by atoms with Crippen molar-refractivity contribution >= 4 is 0 Å². The molecule has 0 spiro atoms. The van der Waals surface area contributed by atoms with Crippen LogP contribution in [0, 0.1) is 0 Å². The number of rotatable bonds is 8. The van der Waals surface area contributed by atoms with Crippen LogP contribution in [0.4, 0.5) is 0 Å². The van der Waals surface area contributed by atoms with E-state index >= 15 is 0 Å². The van der Waals surface area contributed by atoms with Crippen LogP contribution in [0.25, 0.3) is 0 Å². The molecule has 2 rings (SSSR count). The van der Waals surface area contributed by atoms with E-state index in [0.29, 0.717) is 0 Å². The molecule has 100 valence electrons. The molecule has 1 aromatic rings. The summed E-state index contributed by atoms with van der Waals surface area (Å²) < 4.78 is 5.64. The van der Waals surface area contributed by atoms with Crippen molar-refractivity contribution in [3.05, 3.63) is 30.3 Å². The van der Waals surface area contributed by atoms with E-state index in [-0.39, 0.29) is 0 Å². The number of para-hydroxylation sites is 1. The second-order valence-corrected chi connectivity index (χ2v) is 4.81. The summed E-state index contributed by atoms with van der Waals surface area (Å²) in [5.74, 6) is 0.967. The third-order valence-electron chi connectivity index (χ3n) is 3.31. The van der Waals surface area contributed by atoms with Crippen LogP contribution in [0.15, 0.2) is 30.3 Å². The van der Waals surface area contributed by atoms with E-state index in [1.807, 2.05) is 30.3 Å². The molecule has 0 atom stereocenters. The molecule has 18 heavy (non-hydrogen) atoms. The van der Waals surface area contributed by atoms with E-state index < -0.39 is 0 Å². The highest BCUT2D eigenvalue weighted by Gasteiger charge is 2.09. The predicted molar refractivity (Wildman–Crippen MR) is 75.1 cm³/mol. The minimum atomic E-state index is 0.792. The lowest BCUT2D eigenvalue weighted by Crippen LogP contribution is -2.30. The van der Waals surface area contributed by atoms with Gasteiger partial charge in [0.2, 0.25) is 0 Å². The van der Waals surface area contributed by atoms with E-state index in [4.69, 9.17) is 4.74 Å². The first-order valence-electron chi connectivity index (χ1n) is 7.06. The Morgan fingerprint density at radius 1 is 1.06 bits per heavy atom. The first-order valence-corrected chi connectivity index (χ1v) is 7.06. The van der Waals surface area contributed by atoms with E-state index in [1.165, 1.54) is 32.5 Å². The Bertz CT molecular complexity index is 310. The van der Waals surface area contributed by atoms with Crippen LogP contribution in [0.1, 0.15) is 19.3 Å². The van der Waals surface area contributed by atoms with Crippen LogP contribution < -0.4 is 10.1 Å². The molecule has 1 fully saturated rings. The number of hydrogen-bond acceptors (Lipinski definition) is 3. The van der Waals surface area contributed by atoms with Gasteiger partial charge in [-0.05, 0) is 51.0 Å². The van der Waals surface area contributed by atoms with Gasteiger partial charge in [0.1, 0.15) is 5.75 Å². The summed E-state index contributed by atoms with van der Waals surface area (Å²) in [5, 5.41) is 3.48. The summed E-state index contributed by atoms with van der Waals surface area (Å²) in [6.07, 6.45) is 3.82. The van der Waals surface area contributed by atoms with Gasteiger partial charge in [0.05, 0.1) is 6.61 Å². The summed E-state index contributed by atoms with van der Waals surface area (Å²) in [4.78, 5) is 2.54. The van der Waals surface area contributed by atoms with Gasteiger partial charge in [0.25, 0.3) is 0 Å². The van der Waals surface area contributed by atoms with Gasteiger partial charge in [-0.15, -0.1) is 0 Å². The first-order chi connectivity index (χ1) is 8.95. The van der Waals surface area contributed by atoms with Gasteiger partial charge in [-0.1, -0.05) is 18.2 Å². The second kappa shape index (κ2) is 8.11. The fourth-order valence-corrected chi connectivity index (χ4v) is 2.27. The summed E-state index contributed by atoms with van der Waals surface area (Å²) in [6.45, 7) is 6.71. The molecule has 0 amide bonds. The Morgan fingerprint density at radius 3 is 2.61 bits per heavy atom. The smallest absolute Gasteiger partial charge is 0.119 e. The first kappa shape index (κ1) is 13.4. The minimum Gasteiger partial charge on any atom is -0.494 e. The van der Waals surface area contributed by atoms with E-state index in [2.05, 4.69) is 10.2 Å². The molecule has 1 heterocycles. The Labute approximate surface area is 110 Å². The van der Waals surface area contributed by atoms with Crippen LogP contribution >= 0.6 is 0 Å². The summed E-state index contributed by atoms with van der Waals surface area (Å²) in [5.41, 5.74) is 0.